The molecule has 0 amide bonds. The van der Waals surface area contributed by atoms with E-state index in [1.165, 1.54) is 0 Å². The fourth-order valence-corrected chi connectivity index (χ4v) is 3.21. The van der Waals surface area contributed by atoms with Crippen molar-refractivity contribution < 1.29 is 19.2 Å². The van der Waals surface area contributed by atoms with Gasteiger partial charge in [0.1, 0.15) is 0 Å². The van der Waals surface area contributed by atoms with Gasteiger partial charge >= 0.3 is 0 Å². The first-order valence-electron chi connectivity index (χ1n) is 8.04. The second-order valence-electron chi connectivity index (χ2n) is 6.19. The lowest BCUT2D eigenvalue weighted by atomic mass is 10.1. The molecule has 0 saturated carbocycles. The van der Waals surface area contributed by atoms with Gasteiger partial charge in [0.25, 0.3) is 0 Å². The highest BCUT2D eigenvalue weighted by atomic mass is 16.5. The minimum Gasteiger partial charge on any atom is -0.503 e. The van der Waals surface area contributed by atoms with Crippen molar-refractivity contribution >= 4 is 5.78 Å². The van der Waals surface area contributed by atoms with E-state index in [2.05, 4.69) is 4.57 Å². The number of hydrogen-bond donors (Lipinski definition) is 1. The van der Waals surface area contributed by atoms with Gasteiger partial charge in [-0.2, -0.15) is 4.57 Å². The molecule has 3 rings (SSSR count). The zero-order chi connectivity index (χ0) is 16.4. The normalized spacial score (nSPS) is 17.6. The third-order valence-electron chi connectivity index (χ3n) is 4.45. The number of ketones is 1. The standard InChI is InChI=1S/C18H22N2O3/c1-13-9-17(14(2)20(13)11-16-6-4-8-23-16)18(22)12-19-7-3-5-15(21)10-19/h3,5,7,9-10,16H,4,6,8,11-12H2,1-2H3/p+1/t16-/m0/s1. The van der Waals surface area contributed by atoms with Gasteiger partial charge in [-0.05, 0) is 38.8 Å². The Morgan fingerprint density at radius 2 is 2.30 bits per heavy atom. The van der Waals surface area contributed by atoms with Crippen LogP contribution in [0.1, 0.15) is 34.6 Å². The molecule has 0 radical (unpaired) electrons. The van der Waals surface area contributed by atoms with E-state index in [1.807, 2.05) is 19.9 Å². The molecule has 1 N–H and O–H groups in total. The van der Waals surface area contributed by atoms with Crippen LogP contribution in [0.4, 0.5) is 0 Å². The summed E-state index contributed by atoms with van der Waals surface area (Å²) in [6.07, 6.45) is 5.79. The number of Topliss-reactive ketones (excluding diaryl/α,β-unsaturated/α-hetero) is 1. The SMILES string of the molecule is Cc1cc(C(=O)C[n+]2cccc(O)c2)c(C)n1C[C@@H]1CCCO1. The summed E-state index contributed by atoms with van der Waals surface area (Å²) in [5, 5.41) is 9.51. The molecule has 0 aromatic carbocycles. The topological polar surface area (TPSA) is 55.3 Å². The number of nitrogens with zero attached hydrogens (tertiary/aromatic N) is 2. The maximum Gasteiger partial charge on any atom is 0.229 e. The number of ether oxygens (including phenoxy) is 1. The monoisotopic (exact) mass is 315 g/mol. The largest absolute Gasteiger partial charge is 0.503 e. The maximum atomic E-state index is 12.6. The van der Waals surface area contributed by atoms with Crippen molar-refractivity contribution in [3.05, 3.63) is 47.5 Å². The molecule has 1 saturated heterocycles. The van der Waals surface area contributed by atoms with E-state index in [-0.39, 0.29) is 24.2 Å². The summed E-state index contributed by atoms with van der Waals surface area (Å²) < 4.78 is 9.58. The predicted molar refractivity (Wildman–Crippen MR) is 85.5 cm³/mol. The van der Waals surface area contributed by atoms with Gasteiger partial charge in [-0.25, -0.2) is 0 Å². The van der Waals surface area contributed by atoms with Crippen LogP contribution < -0.4 is 4.57 Å². The molecular weight excluding hydrogens is 292 g/mol. The lowest BCUT2D eigenvalue weighted by Crippen LogP contribution is -2.37. The smallest absolute Gasteiger partial charge is 0.229 e. The molecule has 1 atom stereocenters. The fourth-order valence-electron chi connectivity index (χ4n) is 3.21. The van der Waals surface area contributed by atoms with Crippen molar-refractivity contribution in [1.82, 2.24) is 4.57 Å². The Hall–Kier alpha value is -2.14. The molecule has 0 bridgehead atoms. The van der Waals surface area contributed by atoms with E-state index < -0.39 is 0 Å². The van der Waals surface area contributed by atoms with Gasteiger partial charge in [-0.15, -0.1) is 0 Å². The lowest BCUT2D eigenvalue weighted by Gasteiger charge is -2.14. The summed E-state index contributed by atoms with van der Waals surface area (Å²) >= 11 is 0. The van der Waals surface area contributed by atoms with Crippen molar-refractivity contribution in [3.63, 3.8) is 0 Å². The second kappa shape index (κ2) is 6.54. The molecule has 2 aromatic rings. The molecule has 0 aliphatic carbocycles. The van der Waals surface area contributed by atoms with Crippen LogP contribution >= 0.6 is 0 Å². The zero-order valence-corrected chi connectivity index (χ0v) is 13.7. The van der Waals surface area contributed by atoms with Gasteiger partial charge in [0.05, 0.1) is 6.10 Å². The van der Waals surface area contributed by atoms with E-state index in [1.54, 1.807) is 29.1 Å². The van der Waals surface area contributed by atoms with Crippen LogP contribution in [0.15, 0.2) is 30.6 Å². The van der Waals surface area contributed by atoms with Gasteiger partial charge in [-0.3, -0.25) is 4.79 Å². The summed E-state index contributed by atoms with van der Waals surface area (Å²) in [5.41, 5.74) is 2.82. The number of carbonyl (C=O) groups excluding carboxylic acids is 1. The molecule has 0 spiro atoms. The van der Waals surface area contributed by atoms with Crippen LogP contribution in [0.3, 0.4) is 0 Å². The van der Waals surface area contributed by atoms with Crippen LogP contribution in [-0.4, -0.2) is 28.2 Å². The molecule has 122 valence electrons. The third-order valence-corrected chi connectivity index (χ3v) is 4.45. The Morgan fingerprint density at radius 1 is 1.48 bits per heavy atom. The van der Waals surface area contributed by atoms with Gasteiger partial charge in [0.15, 0.2) is 11.9 Å². The number of carbonyl (C=O) groups is 1. The van der Waals surface area contributed by atoms with E-state index in [0.717, 1.165) is 42.9 Å². The number of aromatic hydroxyl groups is 1. The van der Waals surface area contributed by atoms with Crippen LogP contribution in [0, 0.1) is 13.8 Å². The van der Waals surface area contributed by atoms with Crippen LogP contribution in [0.2, 0.25) is 0 Å². The first-order chi connectivity index (χ1) is 11.0. The highest BCUT2D eigenvalue weighted by Crippen LogP contribution is 2.20. The summed E-state index contributed by atoms with van der Waals surface area (Å²) in [6.45, 7) is 5.88. The fraction of sp³-hybridized carbons (Fsp3) is 0.444. The average molecular weight is 315 g/mol. The lowest BCUT2D eigenvalue weighted by molar-refractivity contribution is -0.683. The second-order valence-corrected chi connectivity index (χ2v) is 6.19. The Morgan fingerprint density at radius 3 is 3.00 bits per heavy atom. The number of aryl methyl sites for hydroxylation is 1. The molecule has 1 aliphatic heterocycles. The molecule has 23 heavy (non-hydrogen) atoms. The van der Waals surface area contributed by atoms with Crippen LogP contribution in [0.5, 0.6) is 5.75 Å². The summed E-state index contributed by atoms with van der Waals surface area (Å²) in [5.74, 6) is 0.205. The number of hydrogen-bond acceptors (Lipinski definition) is 3. The molecular formula is C18H23N2O3+. The number of pyridine rings is 1. The van der Waals surface area contributed by atoms with Crippen LogP contribution in [-0.2, 0) is 17.8 Å². The Bertz CT molecular complexity index is 715. The first-order valence-corrected chi connectivity index (χ1v) is 8.04. The first kappa shape index (κ1) is 15.7. The van der Waals surface area contributed by atoms with Crippen molar-refractivity contribution in [2.45, 2.75) is 45.9 Å². The minimum atomic E-state index is 0.0484. The highest BCUT2D eigenvalue weighted by molar-refractivity contribution is 5.96. The average Bonchev–Trinajstić information content (AvgIpc) is 3.11. The molecule has 1 fully saturated rings. The Balaban J connectivity index is 1.78. The Kier molecular flexibility index (Phi) is 4.48. The van der Waals surface area contributed by atoms with E-state index in [9.17, 15) is 9.90 Å². The summed E-state index contributed by atoms with van der Waals surface area (Å²) in [4.78, 5) is 12.6. The van der Waals surface area contributed by atoms with E-state index in [4.69, 9.17) is 4.74 Å². The van der Waals surface area contributed by atoms with Gasteiger partial charge in [0.2, 0.25) is 18.5 Å². The zero-order valence-electron chi connectivity index (χ0n) is 13.7. The van der Waals surface area contributed by atoms with Gasteiger partial charge in [-0.1, -0.05) is 0 Å². The van der Waals surface area contributed by atoms with E-state index >= 15 is 0 Å². The van der Waals surface area contributed by atoms with Gasteiger partial charge in [0, 0.05) is 36.2 Å². The molecule has 5 heteroatoms. The molecule has 0 unspecified atom stereocenters. The quantitative estimate of drug-likeness (QED) is 0.679. The molecule has 3 heterocycles. The number of aromatic nitrogens is 2. The molecule has 5 nitrogen and oxygen atoms in total. The van der Waals surface area contributed by atoms with Gasteiger partial charge < -0.3 is 14.4 Å². The Labute approximate surface area is 136 Å². The number of rotatable bonds is 5. The van der Waals surface area contributed by atoms with Crippen LogP contribution in [0.25, 0.3) is 0 Å². The summed E-state index contributed by atoms with van der Waals surface area (Å²) in [6, 6.07) is 5.27. The summed E-state index contributed by atoms with van der Waals surface area (Å²) in [7, 11) is 0. The van der Waals surface area contributed by atoms with Crippen molar-refractivity contribution in [2.75, 3.05) is 6.61 Å². The van der Waals surface area contributed by atoms with Crippen molar-refractivity contribution in [3.8, 4) is 5.75 Å². The highest BCUT2D eigenvalue weighted by Gasteiger charge is 2.22. The minimum absolute atomic E-state index is 0.0484. The van der Waals surface area contributed by atoms with Crippen molar-refractivity contribution in [1.29, 1.82) is 0 Å². The molecule has 1 aliphatic rings. The third kappa shape index (κ3) is 3.45. The maximum absolute atomic E-state index is 12.6. The molecule has 2 aromatic heterocycles. The predicted octanol–water partition coefficient (Wildman–Crippen LogP) is 2.16. The van der Waals surface area contributed by atoms with Crippen molar-refractivity contribution in [2.24, 2.45) is 0 Å². The van der Waals surface area contributed by atoms with E-state index in [0.29, 0.717) is 0 Å².